The second-order valence-electron chi connectivity index (χ2n) is 6.70. The van der Waals surface area contributed by atoms with Crippen molar-refractivity contribution in [2.75, 3.05) is 0 Å². The maximum Gasteiger partial charge on any atom is -0.0348 e. The van der Waals surface area contributed by atoms with Crippen LogP contribution in [0.3, 0.4) is 0 Å². The standard InChI is InChI=1S/C30H36/c1-2-4-6-8-10-12-14-16-18-20-22-24-26-28-30-29-27-25-23-21-19-17-15-13-11-9-7-5-3-1/h1-24H,25-30H2/b3-1+,4-2+,7-5-,8-6+,11-9+,12-10+,15-13+,16-14-,19-17+,20-18+,23-21+,24-22?. The molecule has 1 aliphatic rings. The molecule has 0 aromatic rings. The number of hydrogen-bond donors (Lipinski definition) is 0. The van der Waals surface area contributed by atoms with Crippen molar-refractivity contribution in [3.05, 3.63) is 146 Å². The summed E-state index contributed by atoms with van der Waals surface area (Å²) in [6.45, 7) is 0. The molecule has 0 bridgehead atoms. The molecule has 156 valence electrons. The van der Waals surface area contributed by atoms with Crippen molar-refractivity contribution in [1.82, 2.24) is 0 Å². The number of allylic oxidation sites excluding steroid dienone is 24. The van der Waals surface area contributed by atoms with Gasteiger partial charge >= 0.3 is 0 Å². The molecular weight excluding hydrogens is 360 g/mol. The lowest BCUT2D eigenvalue weighted by atomic mass is 10.1. The molecule has 0 saturated heterocycles. The van der Waals surface area contributed by atoms with Crippen molar-refractivity contribution >= 4 is 0 Å². The van der Waals surface area contributed by atoms with Crippen LogP contribution in [0.15, 0.2) is 146 Å². The molecule has 0 unspecified atom stereocenters. The van der Waals surface area contributed by atoms with Gasteiger partial charge in [-0.2, -0.15) is 0 Å². The highest BCUT2D eigenvalue weighted by Crippen LogP contribution is 2.06. The summed E-state index contributed by atoms with van der Waals surface area (Å²) < 4.78 is 0. The third-order valence-corrected chi connectivity index (χ3v) is 4.10. The minimum absolute atomic E-state index is 1.16. The van der Waals surface area contributed by atoms with E-state index in [0.717, 1.165) is 12.8 Å². The summed E-state index contributed by atoms with van der Waals surface area (Å²) in [5, 5.41) is 0. The molecule has 1 aliphatic carbocycles. The van der Waals surface area contributed by atoms with Gasteiger partial charge in [0, 0.05) is 0 Å². The molecule has 1 rings (SSSR count). The lowest BCUT2D eigenvalue weighted by Crippen LogP contribution is -1.76. The zero-order chi connectivity index (χ0) is 21.2. The highest BCUT2D eigenvalue weighted by Gasteiger charge is 1.86. The third-order valence-electron chi connectivity index (χ3n) is 4.10. The van der Waals surface area contributed by atoms with E-state index in [1.807, 2.05) is 97.2 Å². The van der Waals surface area contributed by atoms with E-state index < -0.39 is 0 Å². The lowest BCUT2D eigenvalue weighted by molar-refractivity contribution is 0.652. The average Bonchev–Trinajstić information content (AvgIpc) is 2.76. The molecule has 0 radical (unpaired) electrons. The molecule has 0 aromatic carbocycles. The SMILES string of the molecule is C1=CCCCCCC/C=C/C=C/C=C/C=C/C=C\C=C\C=C\C=C\C=C\C=C/C=C/1. The van der Waals surface area contributed by atoms with Crippen LogP contribution in [0.25, 0.3) is 0 Å². The predicted molar refractivity (Wildman–Crippen MR) is 137 cm³/mol. The lowest BCUT2D eigenvalue weighted by Gasteiger charge is -1.96. The fourth-order valence-corrected chi connectivity index (χ4v) is 2.51. The fraction of sp³-hybridized carbons (Fsp3) is 0.200. The Labute approximate surface area is 184 Å². The molecule has 0 heteroatoms. The molecule has 0 heterocycles. The van der Waals surface area contributed by atoms with Gasteiger partial charge in [0.05, 0.1) is 0 Å². The van der Waals surface area contributed by atoms with E-state index in [1.54, 1.807) is 0 Å². The van der Waals surface area contributed by atoms with Crippen molar-refractivity contribution in [2.45, 2.75) is 38.5 Å². The van der Waals surface area contributed by atoms with Crippen LogP contribution in [0.2, 0.25) is 0 Å². The Hall–Kier alpha value is -3.12. The Morgan fingerprint density at radius 2 is 0.400 bits per heavy atom. The van der Waals surface area contributed by atoms with E-state index in [0.29, 0.717) is 0 Å². The van der Waals surface area contributed by atoms with E-state index in [2.05, 4.69) is 48.6 Å². The second kappa shape index (κ2) is 22.2. The minimum atomic E-state index is 1.16. The Balaban J connectivity index is 2.51. The van der Waals surface area contributed by atoms with Gasteiger partial charge in [0.2, 0.25) is 0 Å². The number of rotatable bonds is 0. The molecule has 0 N–H and O–H groups in total. The van der Waals surface area contributed by atoms with Gasteiger partial charge in [-0.25, -0.2) is 0 Å². The van der Waals surface area contributed by atoms with Crippen molar-refractivity contribution < 1.29 is 0 Å². The molecule has 0 spiro atoms. The van der Waals surface area contributed by atoms with E-state index in [9.17, 15) is 0 Å². The smallest absolute Gasteiger partial charge is 0.0348 e. The van der Waals surface area contributed by atoms with Gasteiger partial charge in [0.25, 0.3) is 0 Å². The number of hydrogen-bond acceptors (Lipinski definition) is 0. The summed E-state index contributed by atoms with van der Waals surface area (Å²) in [6, 6.07) is 0. The monoisotopic (exact) mass is 396 g/mol. The summed E-state index contributed by atoms with van der Waals surface area (Å²) in [5.41, 5.74) is 0. The normalized spacial score (nSPS) is 29.3. The third kappa shape index (κ3) is 19.6. The van der Waals surface area contributed by atoms with E-state index in [-0.39, 0.29) is 0 Å². The zero-order valence-electron chi connectivity index (χ0n) is 18.1. The van der Waals surface area contributed by atoms with Gasteiger partial charge in [-0.15, -0.1) is 0 Å². The van der Waals surface area contributed by atoms with Crippen LogP contribution in [0, 0.1) is 0 Å². The van der Waals surface area contributed by atoms with Crippen molar-refractivity contribution in [1.29, 1.82) is 0 Å². The van der Waals surface area contributed by atoms with Crippen molar-refractivity contribution in [3.63, 3.8) is 0 Å². The van der Waals surface area contributed by atoms with Crippen LogP contribution in [0.5, 0.6) is 0 Å². The largest absolute Gasteiger partial charge is 0.0845 e. The van der Waals surface area contributed by atoms with Gasteiger partial charge < -0.3 is 0 Å². The first kappa shape index (κ1) is 24.9. The first-order valence-corrected chi connectivity index (χ1v) is 11.0. The molecule has 0 amide bonds. The van der Waals surface area contributed by atoms with Crippen LogP contribution < -0.4 is 0 Å². The topological polar surface area (TPSA) is 0 Å². The molecule has 30 heavy (non-hydrogen) atoms. The summed E-state index contributed by atoms with van der Waals surface area (Å²) in [7, 11) is 0. The first-order valence-electron chi connectivity index (χ1n) is 11.0. The maximum atomic E-state index is 2.26. The zero-order valence-corrected chi connectivity index (χ0v) is 18.1. The maximum absolute atomic E-state index is 2.26. The van der Waals surface area contributed by atoms with Crippen molar-refractivity contribution in [2.24, 2.45) is 0 Å². The summed E-state index contributed by atoms with van der Waals surface area (Å²) in [6.07, 6.45) is 57.0. The Bertz CT molecular complexity index is 684. The minimum Gasteiger partial charge on any atom is -0.0845 e. The first-order chi connectivity index (χ1) is 15.0. The van der Waals surface area contributed by atoms with Crippen LogP contribution >= 0.6 is 0 Å². The van der Waals surface area contributed by atoms with Crippen LogP contribution in [0.4, 0.5) is 0 Å². The van der Waals surface area contributed by atoms with Gasteiger partial charge in [-0.05, 0) is 25.7 Å². The van der Waals surface area contributed by atoms with Crippen LogP contribution in [-0.4, -0.2) is 0 Å². The Morgan fingerprint density at radius 3 is 0.633 bits per heavy atom. The predicted octanol–water partition coefficient (Wildman–Crippen LogP) is 9.02. The second-order valence-corrected chi connectivity index (χ2v) is 6.70. The highest BCUT2D eigenvalue weighted by atomic mass is 13.9. The van der Waals surface area contributed by atoms with Gasteiger partial charge in [0.1, 0.15) is 0 Å². The van der Waals surface area contributed by atoms with E-state index in [1.165, 1.54) is 25.7 Å². The summed E-state index contributed by atoms with van der Waals surface area (Å²) >= 11 is 0. The van der Waals surface area contributed by atoms with Crippen LogP contribution in [0.1, 0.15) is 38.5 Å². The van der Waals surface area contributed by atoms with E-state index >= 15 is 0 Å². The van der Waals surface area contributed by atoms with Crippen LogP contribution in [-0.2, 0) is 0 Å². The van der Waals surface area contributed by atoms with Gasteiger partial charge in [0.15, 0.2) is 0 Å². The Morgan fingerprint density at radius 1 is 0.200 bits per heavy atom. The molecule has 0 aliphatic heterocycles. The molecular formula is C30H36. The fourth-order valence-electron chi connectivity index (χ4n) is 2.51. The molecule has 0 atom stereocenters. The van der Waals surface area contributed by atoms with Crippen molar-refractivity contribution in [3.8, 4) is 0 Å². The summed E-state index contributed by atoms with van der Waals surface area (Å²) in [5.74, 6) is 0. The molecule has 0 fully saturated rings. The molecule has 0 aromatic heterocycles. The van der Waals surface area contributed by atoms with Gasteiger partial charge in [-0.3, -0.25) is 0 Å². The van der Waals surface area contributed by atoms with Gasteiger partial charge in [-0.1, -0.05) is 159 Å². The molecule has 0 saturated carbocycles. The molecule has 0 nitrogen and oxygen atoms in total. The Kier molecular flexibility index (Phi) is 18.4. The summed E-state index contributed by atoms with van der Waals surface area (Å²) in [4.78, 5) is 0. The highest BCUT2D eigenvalue weighted by molar-refractivity contribution is 5.23. The quantitative estimate of drug-likeness (QED) is 0.383. The average molecular weight is 397 g/mol. The van der Waals surface area contributed by atoms with E-state index in [4.69, 9.17) is 0 Å².